The van der Waals surface area contributed by atoms with Crippen LogP contribution in [0.25, 0.3) is 0 Å². The van der Waals surface area contributed by atoms with E-state index in [2.05, 4.69) is 10.6 Å². The van der Waals surface area contributed by atoms with Gasteiger partial charge in [-0.15, -0.1) is 0 Å². The van der Waals surface area contributed by atoms with Crippen molar-refractivity contribution in [3.63, 3.8) is 0 Å². The highest BCUT2D eigenvalue weighted by molar-refractivity contribution is 6.53. The number of para-hydroxylation sites is 3. The van der Waals surface area contributed by atoms with Gasteiger partial charge in [0.1, 0.15) is 16.5 Å². The van der Waals surface area contributed by atoms with Crippen molar-refractivity contribution in [3.8, 4) is 5.75 Å². The minimum absolute atomic E-state index is 0.00653. The quantitative estimate of drug-likeness (QED) is 0.429. The molecule has 0 aliphatic carbocycles. The molecule has 7 nitrogen and oxygen atoms in total. The van der Waals surface area contributed by atoms with Crippen LogP contribution in [0.2, 0.25) is 0 Å². The minimum Gasteiger partial charge on any atom is -0.495 e. The van der Waals surface area contributed by atoms with Crippen LogP contribution in [0.15, 0.2) is 83.5 Å². The predicted octanol–water partition coefficient (Wildman–Crippen LogP) is 5.40. The molecule has 1 heterocycles. The number of alkyl halides is 3. The van der Waals surface area contributed by atoms with Crippen LogP contribution in [0.4, 0.5) is 30.2 Å². The number of halogens is 4. The molecule has 3 aromatic rings. The topological polar surface area (TPSA) is 87.7 Å². The maximum Gasteiger partial charge on any atom is 0.418 e. The average molecular weight is 516 g/mol. The van der Waals surface area contributed by atoms with Gasteiger partial charge in [-0.3, -0.25) is 14.4 Å². The minimum atomic E-state index is -4.65. The van der Waals surface area contributed by atoms with Gasteiger partial charge in [0.15, 0.2) is 0 Å². The Morgan fingerprint density at radius 1 is 0.944 bits per heavy atom. The Kier molecular flexibility index (Phi) is 6.71. The number of nitrogens with zero attached hydrogens (tertiary/aromatic N) is 1. The highest BCUT2D eigenvalue weighted by Gasteiger charge is 2.40. The molecule has 11 heteroatoms. The normalized spacial score (nSPS) is 13.8. The number of hydrogen-bond donors (Lipinski definition) is 2. The lowest BCUT2D eigenvalue weighted by atomic mass is 10.1. The van der Waals surface area contributed by atoms with Crippen molar-refractivity contribution in [1.82, 2.24) is 0 Å². The van der Waals surface area contributed by atoms with Crippen LogP contribution in [0, 0.1) is 0 Å². The Hall–Kier alpha value is -4.31. The molecule has 1 aliphatic rings. The van der Waals surface area contributed by atoms with Gasteiger partial charge in [0.25, 0.3) is 17.7 Å². The van der Waals surface area contributed by atoms with Gasteiger partial charge in [-0.05, 0) is 42.5 Å². The maximum absolute atomic E-state index is 13.2. The van der Waals surface area contributed by atoms with Crippen molar-refractivity contribution < 1.29 is 32.3 Å². The van der Waals surface area contributed by atoms with E-state index in [1.54, 1.807) is 18.2 Å². The number of benzene rings is 3. The lowest BCUT2D eigenvalue weighted by Crippen LogP contribution is -2.32. The first kappa shape index (κ1) is 24.8. The summed E-state index contributed by atoms with van der Waals surface area (Å²) in [4.78, 5) is 39.3. The van der Waals surface area contributed by atoms with Gasteiger partial charge in [-0.25, -0.2) is 4.90 Å². The number of carbonyl (C=O) groups is 3. The fourth-order valence-electron chi connectivity index (χ4n) is 3.56. The largest absolute Gasteiger partial charge is 0.495 e. The zero-order chi connectivity index (χ0) is 26.0. The highest BCUT2D eigenvalue weighted by atomic mass is 35.5. The highest BCUT2D eigenvalue weighted by Crippen LogP contribution is 2.36. The number of rotatable bonds is 6. The number of imide groups is 1. The lowest BCUT2D eigenvalue weighted by molar-refractivity contribution is -0.137. The van der Waals surface area contributed by atoms with E-state index in [0.29, 0.717) is 0 Å². The van der Waals surface area contributed by atoms with E-state index in [-0.39, 0.29) is 33.4 Å². The number of nitrogens with one attached hydrogen (secondary N) is 2. The fraction of sp³-hybridized carbons (Fsp3) is 0.0800. The first-order valence-electron chi connectivity index (χ1n) is 10.4. The van der Waals surface area contributed by atoms with E-state index >= 15 is 0 Å². The van der Waals surface area contributed by atoms with Gasteiger partial charge in [0, 0.05) is 11.3 Å². The fourth-order valence-corrected chi connectivity index (χ4v) is 3.77. The number of hydrogen-bond acceptors (Lipinski definition) is 5. The van der Waals surface area contributed by atoms with Gasteiger partial charge < -0.3 is 15.4 Å². The summed E-state index contributed by atoms with van der Waals surface area (Å²) in [6.07, 6.45) is -4.65. The van der Waals surface area contributed by atoms with Crippen molar-refractivity contribution in [2.45, 2.75) is 6.18 Å². The van der Waals surface area contributed by atoms with Gasteiger partial charge in [0.05, 0.1) is 24.0 Å². The van der Waals surface area contributed by atoms with Crippen LogP contribution in [0.3, 0.4) is 0 Å². The molecule has 0 spiro atoms. The molecular weight excluding hydrogens is 499 g/mol. The Morgan fingerprint density at radius 3 is 2.36 bits per heavy atom. The molecule has 1 aliphatic heterocycles. The van der Waals surface area contributed by atoms with Gasteiger partial charge in [-0.2, -0.15) is 13.2 Å². The molecule has 0 unspecified atom stereocenters. The van der Waals surface area contributed by atoms with Gasteiger partial charge >= 0.3 is 6.18 Å². The molecule has 0 bridgehead atoms. The first-order valence-corrected chi connectivity index (χ1v) is 10.8. The molecule has 0 atom stereocenters. The molecule has 3 aromatic carbocycles. The Labute approximate surface area is 208 Å². The maximum atomic E-state index is 13.2. The number of carbonyl (C=O) groups excluding carboxylic acids is 3. The second kappa shape index (κ2) is 9.74. The summed E-state index contributed by atoms with van der Waals surface area (Å²) in [5.74, 6) is -2.04. The van der Waals surface area contributed by atoms with E-state index in [1.807, 2.05) is 0 Å². The summed E-state index contributed by atoms with van der Waals surface area (Å²) in [5, 5.41) is 4.61. The number of anilines is 3. The number of ether oxygens (including phenoxy) is 1. The van der Waals surface area contributed by atoms with Crippen molar-refractivity contribution >= 4 is 46.4 Å². The second-order valence-electron chi connectivity index (χ2n) is 7.51. The molecule has 36 heavy (non-hydrogen) atoms. The zero-order valence-corrected chi connectivity index (χ0v) is 19.3. The standard InChI is InChI=1S/C25H17ClF3N3O4/c1-36-19-12-5-4-11-18(19)32-23(34)20(26)21(24(32)35)30-15-8-6-7-14(13-15)22(33)31-17-10-3-2-9-16(17)25(27,28)29/h2-13,30H,1H3,(H,31,33). The molecule has 2 N–H and O–H groups in total. The van der Waals surface area contributed by atoms with Gasteiger partial charge in [-0.1, -0.05) is 41.9 Å². The van der Waals surface area contributed by atoms with Crippen LogP contribution >= 0.6 is 11.6 Å². The molecule has 0 saturated carbocycles. The Morgan fingerprint density at radius 2 is 1.64 bits per heavy atom. The second-order valence-corrected chi connectivity index (χ2v) is 7.89. The average Bonchev–Trinajstić information content (AvgIpc) is 3.06. The molecule has 0 saturated heterocycles. The van der Waals surface area contributed by atoms with Crippen LogP contribution in [-0.4, -0.2) is 24.8 Å². The summed E-state index contributed by atoms with van der Waals surface area (Å²) in [6.45, 7) is 0. The molecule has 0 fully saturated rings. The van der Waals surface area contributed by atoms with Crippen molar-refractivity contribution in [2.75, 3.05) is 22.6 Å². The molecule has 3 amide bonds. The third-order valence-electron chi connectivity index (χ3n) is 5.23. The van der Waals surface area contributed by atoms with E-state index in [1.165, 1.54) is 49.6 Å². The van der Waals surface area contributed by atoms with Crippen LogP contribution in [-0.2, 0) is 15.8 Å². The van der Waals surface area contributed by atoms with Gasteiger partial charge in [0.2, 0.25) is 0 Å². The van der Waals surface area contributed by atoms with E-state index in [9.17, 15) is 27.6 Å². The van der Waals surface area contributed by atoms with Crippen LogP contribution in [0.5, 0.6) is 5.75 Å². The Bertz CT molecular complexity index is 1410. The number of amides is 3. The molecular formula is C25H17ClF3N3O4. The van der Waals surface area contributed by atoms with E-state index in [4.69, 9.17) is 16.3 Å². The van der Waals surface area contributed by atoms with E-state index < -0.39 is 35.1 Å². The smallest absolute Gasteiger partial charge is 0.418 e. The van der Waals surface area contributed by atoms with Crippen molar-refractivity contribution in [3.05, 3.63) is 94.7 Å². The van der Waals surface area contributed by atoms with Crippen LogP contribution < -0.4 is 20.3 Å². The first-order chi connectivity index (χ1) is 17.1. The zero-order valence-electron chi connectivity index (χ0n) is 18.5. The third-order valence-corrected chi connectivity index (χ3v) is 5.58. The summed E-state index contributed by atoms with van der Waals surface area (Å²) < 4.78 is 45.0. The monoisotopic (exact) mass is 515 g/mol. The summed E-state index contributed by atoms with van der Waals surface area (Å²) in [6, 6.07) is 16.6. The molecule has 4 rings (SSSR count). The molecule has 0 aromatic heterocycles. The summed E-state index contributed by atoms with van der Waals surface area (Å²) in [7, 11) is 1.39. The van der Waals surface area contributed by atoms with Crippen molar-refractivity contribution in [1.29, 1.82) is 0 Å². The number of methoxy groups -OCH3 is 1. The lowest BCUT2D eigenvalue weighted by Gasteiger charge is -2.18. The Balaban J connectivity index is 1.57. The van der Waals surface area contributed by atoms with E-state index in [0.717, 1.165) is 17.0 Å². The SMILES string of the molecule is COc1ccccc1N1C(=O)C(Cl)=C(Nc2cccc(C(=O)Nc3ccccc3C(F)(F)F)c2)C1=O. The molecule has 0 radical (unpaired) electrons. The predicted molar refractivity (Wildman–Crippen MR) is 128 cm³/mol. The third kappa shape index (κ3) is 4.76. The summed E-state index contributed by atoms with van der Waals surface area (Å²) in [5.41, 5.74) is -1.21. The van der Waals surface area contributed by atoms with Crippen molar-refractivity contribution in [2.24, 2.45) is 0 Å². The molecule has 184 valence electrons. The summed E-state index contributed by atoms with van der Waals surface area (Å²) >= 11 is 6.16. The van der Waals surface area contributed by atoms with Crippen LogP contribution in [0.1, 0.15) is 15.9 Å².